The van der Waals surface area contributed by atoms with Crippen LogP contribution in [0.2, 0.25) is 5.02 Å². The Balaban J connectivity index is 2.30. The molecule has 0 aliphatic heterocycles. The molecular weight excluding hydrogens is 330 g/mol. The van der Waals surface area contributed by atoms with Crippen molar-refractivity contribution in [2.75, 3.05) is 6.54 Å². The standard InChI is InChI=1S/C14H15BrClNS/c1-2-8-17-13(10-6-4-3-5-7-10)12-9-11(16)14(15)18-12/h3-7,9,13,17H,2,8H2,1H3. The summed E-state index contributed by atoms with van der Waals surface area (Å²) in [5.74, 6) is 0. The number of benzene rings is 1. The molecule has 1 aromatic heterocycles. The van der Waals surface area contributed by atoms with Gasteiger partial charge in [-0.15, -0.1) is 11.3 Å². The van der Waals surface area contributed by atoms with E-state index >= 15 is 0 Å². The van der Waals surface area contributed by atoms with Gasteiger partial charge in [-0.25, -0.2) is 0 Å². The van der Waals surface area contributed by atoms with Crippen molar-refractivity contribution in [3.63, 3.8) is 0 Å². The maximum Gasteiger partial charge on any atom is 0.0888 e. The molecule has 0 amide bonds. The van der Waals surface area contributed by atoms with E-state index in [4.69, 9.17) is 11.6 Å². The maximum absolute atomic E-state index is 6.13. The first-order chi connectivity index (χ1) is 8.72. The summed E-state index contributed by atoms with van der Waals surface area (Å²) in [4.78, 5) is 1.24. The summed E-state index contributed by atoms with van der Waals surface area (Å²) >= 11 is 11.3. The molecular formula is C14H15BrClNS. The van der Waals surface area contributed by atoms with Crippen molar-refractivity contribution in [3.8, 4) is 0 Å². The average molecular weight is 345 g/mol. The molecule has 0 radical (unpaired) electrons. The molecule has 1 nitrogen and oxygen atoms in total. The van der Waals surface area contributed by atoms with Gasteiger partial charge >= 0.3 is 0 Å². The average Bonchev–Trinajstić information content (AvgIpc) is 2.71. The second-order valence-corrected chi connectivity index (χ2v) is 6.88. The van der Waals surface area contributed by atoms with E-state index in [0.717, 1.165) is 21.8 Å². The Bertz CT molecular complexity index is 478. The Morgan fingerprint density at radius 1 is 1.33 bits per heavy atom. The fourth-order valence-corrected chi connectivity index (χ4v) is 3.67. The van der Waals surface area contributed by atoms with Crippen LogP contribution < -0.4 is 5.32 Å². The first-order valence-corrected chi connectivity index (χ1v) is 7.94. The molecule has 1 atom stereocenters. The normalized spacial score (nSPS) is 12.6. The second-order valence-electron chi connectivity index (χ2n) is 4.07. The number of nitrogens with one attached hydrogen (secondary N) is 1. The van der Waals surface area contributed by atoms with Gasteiger partial charge in [0.2, 0.25) is 0 Å². The first kappa shape index (κ1) is 14.1. The minimum Gasteiger partial charge on any atom is -0.306 e. The predicted octanol–water partition coefficient (Wildman–Crippen LogP) is 5.25. The summed E-state index contributed by atoms with van der Waals surface area (Å²) in [6.07, 6.45) is 1.11. The van der Waals surface area contributed by atoms with E-state index in [2.05, 4.69) is 52.4 Å². The number of thiophene rings is 1. The van der Waals surface area contributed by atoms with Gasteiger partial charge in [0.05, 0.1) is 14.9 Å². The highest BCUT2D eigenvalue weighted by molar-refractivity contribution is 9.11. The lowest BCUT2D eigenvalue weighted by atomic mass is 10.1. The second kappa shape index (κ2) is 6.71. The summed E-state index contributed by atoms with van der Waals surface area (Å²) in [6.45, 7) is 3.17. The molecule has 0 spiro atoms. The van der Waals surface area contributed by atoms with Crippen molar-refractivity contribution >= 4 is 38.9 Å². The smallest absolute Gasteiger partial charge is 0.0888 e. The number of rotatable bonds is 5. The highest BCUT2D eigenvalue weighted by Gasteiger charge is 2.16. The van der Waals surface area contributed by atoms with E-state index in [1.54, 1.807) is 11.3 Å². The molecule has 1 aromatic carbocycles. The number of hydrogen-bond donors (Lipinski definition) is 1. The van der Waals surface area contributed by atoms with Gasteiger partial charge in [-0.3, -0.25) is 0 Å². The van der Waals surface area contributed by atoms with Crippen molar-refractivity contribution in [2.24, 2.45) is 0 Å². The van der Waals surface area contributed by atoms with E-state index in [9.17, 15) is 0 Å². The third-order valence-electron chi connectivity index (χ3n) is 2.68. The predicted molar refractivity (Wildman–Crippen MR) is 83.6 cm³/mol. The SMILES string of the molecule is CCCNC(c1ccccc1)c1cc(Cl)c(Br)s1. The zero-order valence-electron chi connectivity index (χ0n) is 10.1. The van der Waals surface area contributed by atoms with E-state index in [-0.39, 0.29) is 6.04 Å². The molecule has 4 heteroatoms. The van der Waals surface area contributed by atoms with E-state index in [0.29, 0.717) is 0 Å². The number of hydrogen-bond acceptors (Lipinski definition) is 2. The van der Waals surface area contributed by atoms with Crippen LogP contribution in [0, 0.1) is 0 Å². The molecule has 1 N–H and O–H groups in total. The zero-order valence-corrected chi connectivity index (χ0v) is 13.3. The molecule has 2 rings (SSSR count). The molecule has 0 aliphatic carbocycles. The highest BCUT2D eigenvalue weighted by atomic mass is 79.9. The summed E-state index contributed by atoms with van der Waals surface area (Å²) in [7, 11) is 0. The van der Waals surface area contributed by atoms with Crippen LogP contribution in [0.4, 0.5) is 0 Å². The van der Waals surface area contributed by atoms with Crippen LogP contribution in [0.15, 0.2) is 40.2 Å². The van der Waals surface area contributed by atoms with E-state index < -0.39 is 0 Å². The van der Waals surface area contributed by atoms with Crippen LogP contribution in [-0.4, -0.2) is 6.54 Å². The zero-order chi connectivity index (χ0) is 13.0. The van der Waals surface area contributed by atoms with Gasteiger partial charge in [-0.05, 0) is 40.5 Å². The third-order valence-corrected chi connectivity index (χ3v) is 5.22. The van der Waals surface area contributed by atoms with Crippen molar-refractivity contribution in [2.45, 2.75) is 19.4 Å². The quantitative estimate of drug-likeness (QED) is 0.781. The van der Waals surface area contributed by atoms with Crippen LogP contribution in [0.3, 0.4) is 0 Å². The Hall–Kier alpha value is -0.350. The molecule has 1 heterocycles. The van der Waals surface area contributed by atoms with Crippen LogP contribution in [0.5, 0.6) is 0 Å². The van der Waals surface area contributed by atoms with E-state index in [1.165, 1.54) is 10.4 Å². The Morgan fingerprint density at radius 2 is 2.06 bits per heavy atom. The molecule has 0 saturated heterocycles. The monoisotopic (exact) mass is 343 g/mol. The summed E-state index contributed by atoms with van der Waals surface area (Å²) in [5.41, 5.74) is 1.27. The Labute approximate surface area is 125 Å². The van der Waals surface area contributed by atoms with Gasteiger partial charge in [0.25, 0.3) is 0 Å². The van der Waals surface area contributed by atoms with Gasteiger partial charge in [-0.2, -0.15) is 0 Å². The highest BCUT2D eigenvalue weighted by Crippen LogP contribution is 2.37. The fourth-order valence-electron chi connectivity index (χ4n) is 1.82. The van der Waals surface area contributed by atoms with Crippen molar-refractivity contribution < 1.29 is 0 Å². The summed E-state index contributed by atoms with van der Waals surface area (Å²) < 4.78 is 0.999. The van der Waals surface area contributed by atoms with E-state index in [1.807, 2.05) is 12.1 Å². The lowest BCUT2D eigenvalue weighted by molar-refractivity contribution is 0.606. The van der Waals surface area contributed by atoms with Gasteiger partial charge < -0.3 is 5.32 Å². The van der Waals surface area contributed by atoms with Crippen LogP contribution in [0.25, 0.3) is 0 Å². The summed E-state index contributed by atoms with van der Waals surface area (Å²) in [6, 6.07) is 12.7. The number of halogens is 2. The topological polar surface area (TPSA) is 12.0 Å². The Morgan fingerprint density at radius 3 is 2.61 bits per heavy atom. The van der Waals surface area contributed by atoms with Gasteiger partial charge in [0.1, 0.15) is 0 Å². The molecule has 1 unspecified atom stereocenters. The lowest BCUT2D eigenvalue weighted by Gasteiger charge is -2.17. The Kier molecular flexibility index (Phi) is 5.25. The first-order valence-electron chi connectivity index (χ1n) is 5.95. The molecule has 0 fully saturated rings. The molecule has 2 aromatic rings. The largest absolute Gasteiger partial charge is 0.306 e. The van der Waals surface area contributed by atoms with Crippen LogP contribution in [-0.2, 0) is 0 Å². The molecule has 0 saturated carbocycles. The third kappa shape index (κ3) is 3.35. The minimum absolute atomic E-state index is 0.222. The van der Waals surface area contributed by atoms with Crippen molar-refractivity contribution in [1.82, 2.24) is 5.32 Å². The molecule has 18 heavy (non-hydrogen) atoms. The minimum atomic E-state index is 0.222. The van der Waals surface area contributed by atoms with Crippen LogP contribution >= 0.6 is 38.9 Å². The van der Waals surface area contributed by atoms with Crippen molar-refractivity contribution in [3.05, 3.63) is 55.6 Å². The molecule has 96 valence electrons. The fraction of sp³-hybridized carbons (Fsp3) is 0.286. The maximum atomic E-state index is 6.13. The van der Waals surface area contributed by atoms with Crippen LogP contribution in [0.1, 0.15) is 29.8 Å². The summed E-state index contributed by atoms with van der Waals surface area (Å²) in [5, 5.41) is 4.36. The van der Waals surface area contributed by atoms with Gasteiger partial charge in [0, 0.05) is 4.88 Å². The van der Waals surface area contributed by atoms with Crippen molar-refractivity contribution in [1.29, 1.82) is 0 Å². The van der Waals surface area contributed by atoms with Gasteiger partial charge in [-0.1, -0.05) is 48.9 Å². The lowest BCUT2D eigenvalue weighted by Crippen LogP contribution is -2.22. The van der Waals surface area contributed by atoms with Gasteiger partial charge in [0.15, 0.2) is 0 Å². The molecule has 0 bridgehead atoms. The molecule has 0 aliphatic rings.